The Balaban J connectivity index is 3.36. The summed E-state index contributed by atoms with van der Waals surface area (Å²) in [5.74, 6) is 0.0204. The largest absolute Gasteiger partial charge is 0.283 e. The summed E-state index contributed by atoms with van der Waals surface area (Å²) in [6.07, 6.45) is 0.999. The summed E-state index contributed by atoms with van der Waals surface area (Å²) < 4.78 is 49.0. The zero-order valence-corrected chi connectivity index (χ0v) is 13.4. The first-order valence-electron chi connectivity index (χ1n) is 6.27. The van der Waals surface area contributed by atoms with Gasteiger partial charge in [-0.05, 0) is 43.0 Å². The molecule has 8 heteroatoms. The molecule has 1 aromatic carbocycles. The van der Waals surface area contributed by atoms with Crippen molar-refractivity contribution >= 4 is 25.7 Å². The van der Waals surface area contributed by atoms with Crippen molar-refractivity contribution in [2.45, 2.75) is 38.5 Å². The Bertz CT molecular complexity index is 694. The minimum atomic E-state index is -3.81. The van der Waals surface area contributed by atoms with Gasteiger partial charge in [-0.1, -0.05) is 13.8 Å². The van der Waals surface area contributed by atoms with E-state index in [0.717, 1.165) is 0 Å². The highest BCUT2D eigenvalue weighted by atomic mass is 32.2. The lowest BCUT2D eigenvalue weighted by atomic mass is 10.1. The zero-order valence-electron chi connectivity index (χ0n) is 11.8. The summed E-state index contributed by atoms with van der Waals surface area (Å²) in [5, 5.41) is 5.11. The molecule has 0 aliphatic carbocycles. The lowest BCUT2D eigenvalue weighted by Crippen LogP contribution is -2.19. The lowest BCUT2D eigenvalue weighted by molar-refractivity contribution is 0.597. The van der Waals surface area contributed by atoms with Crippen molar-refractivity contribution in [3.05, 3.63) is 23.3 Å². The van der Waals surface area contributed by atoms with Crippen LogP contribution in [0.2, 0.25) is 0 Å². The zero-order chi connectivity index (χ0) is 15.6. The van der Waals surface area contributed by atoms with Crippen LogP contribution in [0.3, 0.4) is 0 Å². The van der Waals surface area contributed by atoms with E-state index in [1.807, 2.05) is 6.92 Å². The standard InChI is InChI=1S/C12H20N2O4S2/c1-4-6-19(15,16)14-12-9(3)7-11(20(13,17)18)8-10(12)5-2/h7-8,14H,4-6H2,1-3H3,(H2,13,17,18). The fourth-order valence-corrected chi connectivity index (χ4v) is 3.78. The number of primary sulfonamides is 1. The molecule has 0 aromatic heterocycles. The van der Waals surface area contributed by atoms with Crippen molar-refractivity contribution in [1.82, 2.24) is 0 Å². The van der Waals surface area contributed by atoms with Crippen LogP contribution in [0, 0.1) is 6.92 Å². The SMILES string of the molecule is CCCS(=O)(=O)Nc1c(C)cc(S(N)(=O)=O)cc1CC. The monoisotopic (exact) mass is 320 g/mol. The maximum absolute atomic E-state index is 11.8. The van der Waals surface area contributed by atoms with E-state index in [-0.39, 0.29) is 10.6 Å². The van der Waals surface area contributed by atoms with E-state index in [0.29, 0.717) is 29.7 Å². The molecule has 0 atom stereocenters. The van der Waals surface area contributed by atoms with Crippen molar-refractivity contribution in [2.75, 3.05) is 10.5 Å². The molecule has 0 amide bonds. The van der Waals surface area contributed by atoms with Crippen LogP contribution < -0.4 is 9.86 Å². The average molecular weight is 320 g/mol. The van der Waals surface area contributed by atoms with Gasteiger partial charge in [-0.2, -0.15) is 0 Å². The van der Waals surface area contributed by atoms with Gasteiger partial charge in [0.05, 0.1) is 16.3 Å². The summed E-state index contributed by atoms with van der Waals surface area (Å²) in [7, 11) is -7.22. The number of hydrogen-bond donors (Lipinski definition) is 2. The molecule has 0 aliphatic heterocycles. The Morgan fingerprint density at radius 3 is 2.20 bits per heavy atom. The molecule has 0 spiro atoms. The molecule has 1 aromatic rings. The van der Waals surface area contributed by atoms with Crippen LogP contribution >= 0.6 is 0 Å². The van der Waals surface area contributed by atoms with E-state index >= 15 is 0 Å². The second kappa shape index (κ2) is 6.11. The van der Waals surface area contributed by atoms with Crippen LogP contribution in [0.1, 0.15) is 31.4 Å². The Kier molecular flexibility index (Phi) is 5.17. The lowest BCUT2D eigenvalue weighted by Gasteiger charge is -2.15. The molecule has 0 saturated heterocycles. The maximum atomic E-state index is 11.8. The van der Waals surface area contributed by atoms with Crippen LogP contribution in [0.15, 0.2) is 17.0 Å². The first-order chi connectivity index (χ1) is 9.10. The number of sulfonamides is 2. The van der Waals surface area contributed by atoms with Crippen molar-refractivity contribution in [3.8, 4) is 0 Å². The fourth-order valence-electron chi connectivity index (χ4n) is 1.89. The summed E-state index contributed by atoms with van der Waals surface area (Å²) >= 11 is 0. The topological polar surface area (TPSA) is 106 Å². The van der Waals surface area contributed by atoms with E-state index < -0.39 is 20.0 Å². The van der Waals surface area contributed by atoms with Gasteiger partial charge in [0.2, 0.25) is 20.0 Å². The molecule has 20 heavy (non-hydrogen) atoms. The van der Waals surface area contributed by atoms with Crippen LogP contribution in [-0.4, -0.2) is 22.6 Å². The first kappa shape index (κ1) is 16.9. The second-order valence-corrected chi connectivity index (χ2v) is 8.00. The molecule has 0 heterocycles. The van der Waals surface area contributed by atoms with Crippen molar-refractivity contribution < 1.29 is 16.8 Å². The third kappa shape index (κ3) is 4.19. The smallest absolute Gasteiger partial charge is 0.238 e. The van der Waals surface area contributed by atoms with E-state index in [4.69, 9.17) is 5.14 Å². The van der Waals surface area contributed by atoms with E-state index in [1.54, 1.807) is 13.8 Å². The number of hydrogen-bond acceptors (Lipinski definition) is 4. The molecule has 6 nitrogen and oxygen atoms in total. The molecule has 114 valence electrons. The fraction of sp³-hybridized carbons (Fsp3) is 0.500. The molecule has 0 fully saturated rings. The molecule has 0 unspecified atom stereocenters. The molecule has 3 N–H and O–H groups in total. The van der Waals surface area contributed by atoms with Gasteiger partial charge in [-0.15, -0.1) is 0 Å². The molecular formula is C12H20N2O4S2. The van der Waals surface area contributed by atoms with E-state index in [1.165, 1.54) is 12.1 Å². The quantitative estimate of drug-likeness (QED) is 0.825. The summed E-state index contributed by atoms with van der Waals surface area (Å²) in [6.45, 7) is 5.24. The van der Waals surface area contributed by atoms with Crippen LogP contribution in [0.4, 0.5) is 5.69 Å². The summed E-state index contributed by atoms with van der Waals surface area (Å²) in [6, 6.07) is 2.78. The van der Waals surface area contributed by atoms with Gasteiger partial charge in [0.25, 0.3) is 0 Å². The highest BCUT2D eigenvalue weighted by molar-refractivity contribution is 7.92. The van der Waals surface area contributed by atoms with Gasteiger partial charge in [-0.25, -0.2) is 22.0 Å². The second-order valence-electron chi connectivity index (χ2n) is 4.59. The van der Waals surface area contributed by atoms with Crippen LogP contribution in [0.5, 0.6) is 0 Å². The van der Waals surface area contributed by atoms with Gasteiger partial charge < -0.3 is 0 Å². The number of nitrogens with two attached hydrogens (primary N) is 1. The normalized spacial score (nSPS) is 12.4. The van der Waals surface area contributed by atoms with Gasteiger partial charge in [0.1, 0.15) is 0 Å². The van der Waals surface area contributed by atoms with Crippen molar-refractivity contribution in [1.29, 1.82) is 0 Å². The predicted octanol–water partition coefficient (Wildman–Crippen LogP) is 1.36. The van der Waals surface area contributed by atoms with Crippen molar-refractivity contribution in [2.24, 2.45) is 5.14 Å². The number of aryl methyl sites for hydroxylation is 2. The molecular weight excluding hydrogens is 300 g/mol. The first-order valence-corrected chi connectivity index (χ1v) is 9.47. The minimum absolute atomic E-state index is 0.00899. The van der Waals surface area contributed by atoms with E-state index in [2.05, 4.69) is 4.72 Å². The molecule has 0 radical (unpaired) electrons. The number of benzene rings is 1. The van der Waals surface area contributed by atoms with Gasteiger partial charge in [0, 0.05) is 0 Å². The Morgan fingerprint density at radius 2 is 1.75 bits per heavy atom. The van der Waals surface area contributed by atoms with Gasteiger partial charge in [0.15, 0.2) is 0 Å². The highest BCUT2D eigenvalue weighted by Crippen LogP contribution is 2.26. The maximum Gasteiger partial charge on any atom is 0.238 e. The minimum Gasteiger partial charge on any atom is -0.283 e. The Morgan fingerprint density at radius 1 is 1.15 bits per heavy atom. The van der Waals surface area contributed by atoms with Crippen LogP contribution in [0.25, 0.3) is 0 Å². The molecule has 1 rings (SSSR count). The molecule has 0 saturated carbocycles. The number of nitrogens with one attached hydrogen (secondary N) is 1. The summed E-state index contributed by atoms with van der Waals surface area (Å²) in [5.41, 5.74) is 1.58. The third-order valence-corrected chi connectivity index (χ3v) is 5.18. The van der Waals surface area contributed by atoms with Gasteiger partial charge >= 0.3 is 0 Å². The number of anilines is 1. The number of rotatable bonds is 6. The van der Waals surface area contributed by atoms with E-state index in [9.17, 15) is 16.8 Å². The highest BCUT2D eigenvalue weighted by Gasteiger charge is 2.17. The molecule has 0 aliphatic rings. The Hall–Kier alpha value is -1.12. The van der Waals surface area contributed by atoms with Crippen LogP contribution in [-0.2, 0) is 26.5 Å². The predicted molar refractivity (Wildman–Crippen MR) is 79.6 cm³/mol. The Labute approximate surface area is 120 Å². The van der Waals surface area contributed by atoms with Gasteiger partial charge in [-0.3, -0.25) is 4.72 Å². The van der Waals surface area contributed by atoms with Crippen molar-refractivity contribution in [3.63, 3.8) is 0 Å². The third-order valence-electron chi connectivity index (χ3n) is 2.83. The summed E-state index contributed by atoms with van der Waals surface area (Å²) in [4.78, 5) is -0.00899. The molecule has 0 bridgehead atoms. The average Bonchev–Trinajstić information content (AvgIpc) is 2.29.